The number of terminal acetylenes is 1. The van der Waals surface area contributed by atoms with Crippen molar-refractivity contribution < 1.29 is 4.79 Å². The highest BCUT2D eigenvalue weighted by Crippen LogP contribution is 1.97. The summed E-state index contributed by atoms with van der Waals surface area (Å²) in [6.45, 7) is 2.14. The maximum atomic E-state index is 11.2. The predicted molar refractivity (Wildman–Crippen MR) is 50.1 cm³/mol. The van der Waals surface area contributed by atoms with Crippen LogP contribution in [0.15, 0.2) is 18.3 Å². The monoisotopic (exact) mass is 174 g/mol. The topological polar surface area (TPSA) is 42.0 Å². The lowest BCUT2D eigenvalue weighted by Crippen LogP contribution is -2.24. The quantitative estimate of drug-likeness (QED) is 0.672. The third-order valence-electron chi connectivity index (χ3n) is 1.50. The highest BCUT2D eigenvalue weighted by Gasteiger charge is 2.03. The van der Waals surface area contributed by atoms with E-state index in [-0.39, 0.29) is 12.5 Å². The number of aryl methyl sites for hydroxylation is 1. The van der Waals surface area contributed by atoms with Gasteiger partial charge in [-0.2, -0.15) is 0 Å². The summed E-state index contributed by atoms with van der Waals surface area (Å²) < 4.78 is 0. The molecule has 0 aliphatic carbocycles. The Kier molecular flexibility index (Phi) is 3.04. The fourth-order valence-electron chi connectivity index (χ4n) is 0.824. The van der Waals surface area contributed by atoms with Gasteiger partial charge in [0, 0.05) is 6.20 Å². The molecule has 0 fully saturated rings. The Bertz CT molecular complexity index is 335. The van der Waals surface area contributed by atoms with Crippen LogP contribution in [0.1, 0.15) is 16.1 Å². The number of amides is 1. The Morgan fingerprint density at radius 2 is 2.46 bits per heavy atom. The molecule has 1 amide bonds. The van der Waals surface area contributed by atoms with Gasteiger partial charge in [0.15, 0.2) is 0 Å². The van der Waals surface area contributed by atoms with Gasteiger partial charge in [-0.15, -0.1) is 6.42 Å². The molecule has 1 rings (SSSR count). The van der Waals surface area contributed by atoms with Crippen LogP contribution in [0.2, 0.25) is 0 Å². The van der Waals surface area contributed by atoms with E-state index < -0.39 is 0 Å². The molecular formula is C10H10N2O. The van der Waals surface area contributed by atoms with Gasteiger partial charge >= 0.3 is 0 Å². The number of hydrogen-bond acceptors (Lipinski definition) is 2. The molecule has 0 spiro atoms. The third-order valence-corrected chi connectivity index (χ3v) is 1.50. The van der Waals surface area contributed by atoms with E-state index in [1.165, 1.54) is 0 Å². The molecule has 0 aliphatic heterocycles. The van der Waals surface area contributed by atoms with E-state index in [0.717, 1.165) is 5.56 Å². The van der Waals surface area contributed by atoms with E-state index in [2.05, 4.69) is 16.2 Å². The van der Waals surface area contributed by atoms with Crippen molar-refractivity contribution >= 4 is 5.91 Å². The smallest absolute Gasteiger partial charge is 0.270 e. The Balaban J connectivity index is 2.68. The van der Waals surface area contributed by atoms with E-state index in [1.54, 1.807) is 12.3 Å². The van der Waals surface area contributed by atoms with Crippen LogP contribution in [-0.2, 0) is 0 Å². The number of nitrogens with one attached hydrogen (secondary N) is 1. The predicted octanol–water partition coefficient (Wildman–Crippen LogP) is 0.753. The van der Waals surface area contributed by atoms with Crippen LogP contribution in [0.5, 0.6) is 0 Å². The van der Waals surface area contributed by atoms with Gasteiger partial charge in [0.25, 0.3) is 5.91 Å². The van der Waals surface area contributed by atoms with Crippen molar-refractivity contribution in [2.45, 2.75) is 6.92 Å². The molecule has 0 aliphatic rings. The van der Waals surface area contributed by atoms with Crippen molar-refractivity contribution in [2.24, 2.45) is 0 Å². The Hall–Kier alpha value is -1.82. The molecule has 0 saturated carbocycles. The minimum atomic E-state index is -0.238. The molecule has 3 nitrogen and oxygen atoms in total. The molecule has 0 unspecified atom stereocenters. The van der Waals surface area contributed by atoms with E-state index in [9.17, 15) is 4.79 Å². The number of rotatable bonds is 2. The molecule has 0 bridgehead atoms. The first-order valence-corrected chi connectivity index (χ1v) is 3.88. The van der Waals surface area contributed by atoms with Crippen LogP contribution in [0.3, 0.4) is 0 Å². The van der Waals surface area contributed by atoms with Crippen LogP contribution in [0.25, 0.3) is 0 Å². The van der Waals surface area contributed by atoms with Crippen molar-refractivity contribution in [3.63, 3.8) is 0 Å². The molecule has 1 heterocycles. The number of pyridine rings is 1. The zero-order valence-corrected chi connectivity index (χ0v) is 7.37. The van der Waals surface area contributed by atoms with Crippen LogP contribution in [0.4, 0.5) is 0 Å². The second-order valence-corrected chi connectivity index (χ2v) is 2.61. The second-order valence-electron chi connectivity index (χ2n) is 2.61. The molecule has 13 heavy (non-hydrogen) atoms. The Labute approximate surface area is 77.2 Å². The first-order valence-electron chi connectivity index (χ1n) is 3.88. The zero-order chi connectivity index (χ0) is 9.68. The maximum Gasteiger partial charge on any atom is 0.270 e. The zero-order valence-electron chi connectivity index (χ0n) is 7.37. The standard InChI is InChI=1S/C10H10N2O/c1-3-6-11-10(13)9-5-4-8(2)7-12-9/h1,4-5,7H,6H2,2H3,(H,11,13). The minimum Gasteiger partial charge on any atom is -0.340 e. The summed E-state index contributed by atoms with van der Waals surface area (Å²) in [6.07, 6.45) is 6.64. The second kappa shape index (κ2) is 4.27. The Morgan fingerprint density at radius 3 is 3.00 bits per heavy atom. The lowest BCUT2D eigenvalue weighted by Gasteiger charge is -2.00. The summed E-state index contributed by atoms with van der Waals surface area (Å²) in [6, 6.07) is 3.50. The molecular weight excluding hydrogens is 164 g/mol. The fraction of sp³-hybridized carbons (Fsp3) is 0.200. The van der Waals surface area contributed by atoms with Crippen LogP contribution in [0, 0.1) is 19.3 Å². The van der Waals surface area contributed by atoms with Gasteiger partial charge in [-0.3, -0.25) is 9.78 Å². The van der Waals surface area contributed by atoms with E-state index in [0.29, 0.717) is 5.69 Å². The number of nitrogens with zero attached hydrogens (tertiary/aromatic N) is 1. The SMILES string of the molecule is C#CCNC(=O)c1ccc(C)cn1. The molecule has 0 radical (unpaired) electrons. The molecule has 3 heteroatoms. The van der Waals surface area contributed by atoms with Crippen LogP contribution in [-0.4, -0.2) is 17.4 Å². The third kappa shape index (κ3) is 2.60. The summed E-state index contributed by atoms with van der Waals surface area (Å²) in [4.78, 5) is 15.2. The van der Waals surface area contributed by atoms with Crippen molar-refractivity contribution in [2.75, 3.05) is 6.54 Å². The average molecular weight is 174 g/mol. The molecule has 1 N–H and O–H groups in total. The van der Waals surface area contributed by atoms with Gasteiger partial charge in [-0.1, -0.05) is 12.0 Å². The molecule has 1 aromatic heterocycles. The first-order chi connectivity index (χ1) is 6.24. The highest BCUT2D eigenvalue weighted by molar-refractivity contribution is 5.92. The summed E-state index contributed by atoms with van der Waals surface area (Å²) >= 11 is 0. The summed E-state index contributed by atoms with van der Waals surface area (Å²) in [5.41, 5.74) is 1.41. The van der Waals surface area contributed by atoms with E-state index in [4.69, 9.17) is 6.42 Å². The van der Waals surface area contributed by atoms with Crippen molar-refractivity contribution in [1.29, 1.82) is 0 Å². The van der Waals surface area contributed by atoms with Crippen molar-refractivity contribution in [3.05, 3.63) is 29.6 Å². The molecule has 66 valence electrons. The fourth-order valence-corrected chi connectivity index (χ4v) is 0.824. The normalized spacial score (nSPS) is 8.92. The van der Waals surface area contributed by atoms with Gasteiger partial charge in [0.05, 0.1) is 6.54 Å². The summed E-state index contributed by atoms with van der Waals surface area (Å²) in [7, 11) is 0. The first kappa shape index (κ1) is 9.27. The molecule has 0 saturated heterocycles. The number of carbonyl (C=O) groups is 1. The summed E-state index contributed by atoms with van der Waals surface area (Å²) in [5, 5.41) is 2.53. The van der Waals surface area contributed by atoms with Gasteiger partial charge in [-0.05, 0) is 18.6 Å². The minimum absolute atomic E-state index is 0.231. The van der Waals surface area contributed by atoms with E-state index in [1.807, 2.05) is 13.0 Å². The number of carbonyl (C=O) groups excluding carboxylic acids is 1. The largest absolute Gasteiger partial charge is 0.340 e. The van der Waals surface area contributed by atoms with Crippen molar-refractivity contribution in [1.82, 2.24) is 10.3 Å². The van der Waals surface area contributed by atoms with Crippen LogP contribution >= 0.6 is 0 Å². The maximum absolute atomic E-state index is 11.2. The van der Waals surface area contributed by atoms with Crippen molar-refractivity contribution in [3.8, 4) is 12.3 Å². The van der Waals surface area contributed by atoms with Gasteiger partial charge in [0.1, 0.15) is 5.69 Å². The average Bonchev–Trinajstić information content (AvgIpc) is 2.15. The van der Waals surface area contributed by atoms with Gasteiger partial charge in [0.2, 0.25) is 0 Å². The van der Waals surface area contributed by atoms with E-state index >= 15 is 0 Å². The lowest BCUT2D eigenvalue weighted by molar-refractivity contribution is 0.0954. The highest BCUT2D eigenvalue weighted by atomic mass is 16.1. The molecule has 1 aromatic rings. The Morgan fingerprint density at radius 1 is 1.69 bits per heavy atom. The number of aromatic nitrogens is 1. The van der Waals surface area contributed by atoms with Gasteiger partial charge < -0.3 is 5.32 Å². The van der Waals surface area contributed by atoms with Gasteiger partial charge in [-0.25, -0.2) is 0 Å². The number of hydrogen-bond donors (Lipinski definition) is 1. The van der Waals surface area contributed by atoms with Crippen LogP contribution < -0.4 is 5.32 Å². The molecule has 0 atom stereocenters. The summed E-state index contributed by atoms with van der Waals surface area (Å²) in [5.74, 6) is 2.08. The lowest BCUT2D eigenvalue weighted by atomic mass is 10.2. The molecule has 0 aromatic carbocycles.